The van der Waals surface area contributed by atoms with Crippen molar-refractivity contribution in [2.45, 2.75) is 25.4 Å². The molecule has 2 aromatic carbocycles. The third-order valence-electron chi connectivity index (χ3n) is 4.22. The summed E-state index contributed by atoms with van der Waals surface area (Å²) in [6.07, 6.45) is 1.47. The number of hydrogen-bond donors (Lipinski definition) is 1. The number of likely N-dealkylation sites (tertiary alicyclic amines) is 1. The van der Waals surface area contributed by atoms with E-state index in [-0.39, 0.29) is 17.6 Å². The maximum Gasteiger partial charge on any atom is 0.254 e. The molecule has 1 N–H and O–H groups in total. The predicted molar refractivity (Wildman–Crippen MR) is 88.7 cm³/mol. The van der Waals surface area contributed by atoms with Gasteiger partial charge in [-0.05, 0) is 42.7 Å². The third-order valence-corrected chi connectivity index (χ3v) is 4.22. The van der Waals surface area contributed by atoms with Crippen LogP contribution < -0.4 is 5.32 Å². The lowest BCUT2D eigenvalue weighted by Crippen LogP contribution is -2.45. The van der Waals surface area contributed by atoms with Crippen LogP contribution in [0.15, 0.2) is 54.6 Å². The number of nitrogens with one attached hydrogen (secondary N) is 1. The molecule has 1 saturated heterocycles. The number of carbonyl (C=O) groups is 2. The Morgan fingerprint density at radius 3 is 2.50 bits per heavy atom. The lowest BCUT2D eigenvalue weighted by atomic mass is 10.1. The summed E-state index contributed by atoms with van der Waals surface area (Å²) in [5.41, 5.74) is 1.42. The van der Waals surface area contributed by atoms with E-state index < -0.39 is 6.04 Å². The van der Waals surface area contributed by atoms with E-state index in [2.05, 4.69) is 5.32 Å². The molecule has 3 rings (SSSR count). The highest BCUT2D eigenvalue weighted by molar-refractivity contribution is 5.97. The Kier molecular flexibility index (Phi) is 4.89. The molecule has 124 valence electrons. The molecule has 5 heteroatoms. The highest BCUT2D eigenvalue weighted by Gasteiger charge is 2.34. The van der Waals surface area contributed by atoms with Crippen molar-refractivity contribution in [3.05, 3.63) is 71.5 Å². The van der Waals surface area contributed by atoms with Gasteiger partial charge in [0.25, 0.3) is 5.91 Å². The molecule has 0 spiro atoms. The summed E-state index contributed by atoms with van der Waals surface area (Å²) < 4.78 is 12.9. The van der Waals surface area contributed by atoms with Gasteiger partial charge in [-0.25, -0.2) is 4.39 Å². The molecule has 1 heterocycles. The monoisotopic (exact) mass is 326 g/mol. The van der Waals surface area contributed by atoms with E-state index in [4.69, 9.17) is 0 Å². The summed E-state index contributed by atoms with van der Waals surface area (Å²) in [7, 11) is 0. The highest BCUT2D eigenvalue weighted by Crippen LogP contribution is 2.20. The molecule has 0 unspecified atom stereocenters. The SMILES string of the molecule is O=C(NCc1ccc(F)cc1)[C@H]1CCCN1C(=O)c1ccccc1. The zero-order valence-corrected chi connectivity index (χ0v) is 13.2. The van der Waals surface area contributed by atoms with Gasteiger partial charge in [0.15, 0.2) is 0 Å². The summed E-state index contributed by atoms with van der Waals surface area (Å²) in [5, 5.41) is 2.84. The average molecular weight is 326 g/mol. The van der Waals surface area contributed by atoms with Crippen LogP contribution >= 0.6 is 0 Å². The first-order chi connectivity index (χ1) is 11.6. The Bertz CT molecular complexity index is 716. The normalized spacial score (nSPS) is 16.9. The molecular weight excluding hydrogens is 307 g/mol. The maximum absolute atomic E-state index is 12.9. The highest BCUT2D eigenvalue weighted by atomic mass is 19.1. The summed E-state index contributed by atoms with van der Waals surface area (Å²) in [5.74, 6) is -0.586. The largest absolute Gasteiger partial charge is 0.350 e. The van der Waals surface area contributed by atoms with E-state index >= 15 is 0 Å². The van der Waals surface area contributed by atoms with Crippen molar-refractivity contribution in [3.63, 3.8) is 0 Å². The van der Waals surface area contributed by atoms with Gasteiger partial charge in [-0.2, -0.15) is 0 Å². The van der Waals surface area contributed by atoms with E-state index in [9.17, 15) is 14.0 Å². The van der Waals surface area contributed by atoms with Crippen LogP contribution in [0.4, 0.5) is 4.39 Å². The molecular formula is C19H19FN2O2. The quantitative estimate of drug-likeness (QED) is 0.939. The van der Waals surface area contributed by atoms with Crippen LogP contribution in [-0.2, 0) is 11.3 Å². The van der Waals surface area contributed by atoms with E-state index in [0.717, 1.165) is 12.0 Å². The van der Waals surface area contributed by atoms with E-state index in [0.29, 0.717) is 25.1 Å². The number of amides is 2. The molecule has 2 aromatic rings. The molecule has 0 saturated carbocycles. The molecule has 24 heavy (non-hydrogen) atoms. The van der Waals surface area contributed by atoms with Crippen LogP contribution in [0, 0.1) is 5.82 Å². The molecule has 0 aliphatic carbocycles. The number of rotatable bonds is 4. The molecule has 1 atom stereocenters. The van der Waals surface area contributed by atoms with Gasteiger partial charge >= 0.3 is 0 Å². The first kappa shape index (κ1) is 16.2. The van der Waals surface area contributed by atoms with Gasteiger partial charge in [0.05, 0.1) is 0 Å². The molecule has 1 aliphatic heterocycles. The first-order valence-electron chi connectivity index (χ1n) is 8.03. The molecule has 1 aliphatic rings. The van der Waals surface area contributed by atoms with Gasteiger partial charge < -0.3 is 10.2 Å². The first-order valence-corrected chi connectivity index (χ1v) is 8.03. The van der Waals surface area contributed by atoms with Crippen LogP contribution in [0.25, 0.3) is 0 Å². The molecule has 0 bridgehead atoms. The van der Waals surface area contributed by atoms with Crippen LogP contribution in [0.5, 0.6) is 0 Å². The number of hydrogen-bond acceptors (Lipinski definition) is 2. The lowest BCUT2D eigenvalue weighted by molar-refractivity contribution is -0.125. The Hall–Kier alpha value is -2.69. The molecule has 2 amide bonds. The van der Waals surface area contributed by atoms with E-state index in [1.807, 2.05) is 18.2 Å². The fourth-order valence-electron chi connectivity index (χ4n) is 2.94. The summed E-state index contributed by atoms with van der Waals surface area (Å²) in [4.78, 5) is 26.7. The molecule has 1 fully saturated rings. The number of benzene rings is 2. The third kappa shape index (κ3) is 3.62. The smallest absolute Gasteiger partial charge is 0.254 e. The average Bonchev–Trinajstić information content (AvgIpc) is 3.11. The van der Waals surface area contributed by atoms with Gasteiger partial charge in [-0.3, -0.25) is 9.59 Å². The van der Waals surface area contributed by atoms with Crippen molar-refractivity contribution in [1.29, 1.82) is 0 Å². The standard InChI is InChI=1S/C19H19FN2O2/c20-16-10-8-14(9-11-16)13-21-18(23)17-7-4-12-22(17)19(24)15-5-2-1-3-6-15/h1-3,5-6,8-11,17H,4,7,12-13H2,(H,21,23)/t17-/m1/s1. The Labute approximate surface area is 140 Å². The van der Waals surface area contributed by atoms with Crippen molar-refractivity contribution < 1.29 is 14.0 Å². The van der Waals surface area contributed by atoms with Crippen LogP contribution in [0.3, 0.4) is 0 Å². The Morgan fingerprint density at radius 1 is 1.08 bits per heavy atom. The van der Waals surface area contributed by atoms with Crippen molar-refractivity contribution in [1.82, 2.24) is 10.2 Å². The van der Waals surface area contributed by atoms with Crippen LogP contribution in [0.2, 0.25) is 0 Å². The van der Waals surface area contributed by atoms with Crippen molar-refractivity contribution in [2.24, 2.45) is 0 Å². The second-order valence-corrected chi connectivity index (χ2v) is 5.87. The van der Waals surface area contributed by atoms with Crippen molar-refractivity contribution in [2.75, 3.05) is 6.54 Å². The van der Waals surface area contributed by atoms with Gasteiger partial charge in [-0.15, -0.1) is 0 Å². The number of halogens is 1. The fourth-order valence-corrected chi connectivity index (χ4v) is 2.94. The zero-order chi connectivity index (χ0) is 16.9. The lowest BCUT2D eigenvalue weighted by Gasteiger charge is -2.24. The van der Waals surface area contributed by atoms with Crippen molar-refractivity contribution >= 4 is 11.8 Å². The zero-order valence-electron chi connectivity index (χ0n) is 13.2. The van der Waals surface area contributed by atoms with Gasteiger partial charge in [0, 0.05) is 18.7 Å². The number of carbonyl (C=O) groups excluding carboxylic acids is 2. The topological polar surface area (TPSA) is 49.4 Å². The fraction of sp³-hybridized carbons (Fsp3) is 0.263. The van der Waals surface area contributed by atoms with Gasteiger partial charge in [-0.1, -0.05) is 30.3 Å². The Balaban J connectivity index is 1.63. The van der Waals surface area contributed by atoms with E-state index in [1.165, 1.54) is 12.1 Å². The van der Waals surface area contributed by atoms with Crippen LogP contribution in [0.1, 0.15) is 28.8 Å². The summed E-state index contributed by atoms with van der Waals surface area (Å²) in [6.45, 7) is 0.908. The number of nitrogens with zero attached hydrogens (tertiary/aromatic N) is 1. The minimum Gasteiger partial charge on any atom is -0.350 e. The molecule has 0 aromatic heterocycles. The summed E-state index contributed by atoms with van der Waals surface area (Å²) >= 11 is 0. The van der Waals surface area contributed by atoms with Gasteiger partial charge in [0.1, 0.15) is 11.9 Å². The summed E-state index contributed by atoms with van der Waals surface area (Å²) in [6, 6.07) is 14.5. The second kappa shape index (κ2) is 7.25. The van der Waals surface area contributed by atoms with Gasteiger partial charge in [0.2, 0.25) is 5.91 Å². The molecule has 0 radical (unpaired) electrons. The predicted octanol–water partition coefficient (Wildman–Crippen LogP) is 2.75. The second-order valence-electron chi connectivity index (χ2n) is 5.87. The van der Waals surface area contributed by atoms with Crippen LogP contribution in [-0.4, -0.2) is 29.3 Å². The maximum atomic E-state index is 12.9. The van der Waals surface area contributed by atoms with Crippen molar-refractivity contribution in [3.8, 4) is 0 Å². The van der Waals surface area contributed by atoms with E-state index in [1.54, 1.807) is 29.2 Å². The molecule has 4 nitrogen and oxygen atoms in total. The minimum atomic E-state index is -0.446. The minimum absolute atomic E-state index is 0.116. The Morgan fingerprint density at radius 2 is 1.79 bits per heavy atom.